The van der Waals surface area contributed by atoms with Crippen molar-refractivity contribution in [3.8, 4) is 5.75 Å². The largest absolute Gasteiger partial charge is 0.573 e. The molecular formula is C20H24F3N3O4. The fourth-order valence-corrected chi connectivity index (χ4v) is 4.01. The van der Waals surface area contributed by atoms with Gasteiger partial charge >= 0.3 is 6.36 Å². The number of hydrogen-bond acceptors (Lipinski definition) is 4. The lowest BCUT2D eigenvalue weighted by Crippen LogP contribution is -2.40. The van der Waals surface area contributed by atoms with Crippen molar-refractivity contribution in [3.63, 3.8) is 0 Å². The minimum absolute atomic E-state index is 0.0146. The Hall–Kier alpha value is -2.78. The van der Waals surface area contributed by atoms with Gasteiger partial charge in [0.25, 0.3) is 0 Å². The molecule has 0 radical (unpaired) electrons. The van der Waals surface area contributed by atoms with Crippen LogP contribution in [0.1, 0.15) is 32.1 Å². The van der Waals surface area contributed by atoms with Crippen molar-refractivity contribution in [2.45, 2.75) is 44.5 Å². The van der Waals surface area contributed by atoms with E-state index in [4.69, 9.17) is 0 Å². The summed E-state index contributed by atoms with van der Waals surface area (Å²) in [6.07, 6.45) is -0.507. The Morgan fingerprint density at radius 3 is 2.43 bits per heavy atom. The number of alkyl halides is 3. The van der Waals surface area contributed by atoms with Crippen molar-refractivity contribution < 1.29 is 32.3 Å². The number of nitrogens with zero attached hydrogens (tertiary/aromatic N) is 2. The van der Waals surface area contributed by atoms with Gasteiger partial charge in [-0.1, -0.05) is 12.8 Å². The quantitative estimate of drug-likeness (QED) is 0.757. The molecule has 0 unspecified atom stereocenters. The zero-order chi connectivity index (χ0) is 21.9. The van der Waals surface area contributed by atoms with E-state index in [1.807, 2.05) is 0 Å². The monoisotopic (exact) mass is 427 g/mol. The minimum atomic E-state index is -4.79. The second-order valence-corrected chi connectivity index (χ2v) is 7.70. The van der Waals surface area contributed by atoms with Crippen LogP contribution in [0.4, 0.5) is 18.9 Å². The van der Waals surface area contributed by atoms with Gasteiger partial charge in [-0.15, -0.1) is 13.2 Å². The average molecular weight is 427 g/mol. The molecule has 0 aromatic heterocycles. The molecule has 164 valence electrons. The summed E-state index contributed by atoms with van der Waals surface area (Å²) in [6.45, 7) is 0.155. The van der Waals surface area contributed by atoms with Gasteiger partial charge in [-0.25, -0.2) is 0 Å². The summed E-state index contributed by atoms with van der Waals surface area (Å²) in [4.78, 5) is 40.2. The van der Waals surface area contributed by atoms with Gasteiger partial charge < -0.3 is 19.9 Å². The molecule has 1 aliphatic carbocycles. The van der Waals surface area contributed by atoms with Gasteiger partial charge in [0.15, 0.2) is 0 Å². The van der Waals surface area contributed by atoms with E-state index < -0.39 is 23.9 Å². The van der Waals surface area contributed by atoms with Crippen LogP contribution < -0.4 is 10.1 Å². The number of anilines is 1. The van der Waals surface area contributed by atoms with Crippen LogP contribution in [0.2, 0.25) is 0 Å². The first-order chi connectivity index (χ1) is 14.1. The lowest BCUT2D eigenvalue weighted by molar-refractivity contribution is -0.274. The van der Waals surface area contributed by atoms with E-state index in [1.165, 1.54) is 24.1 Å². The Morgan fingerprint density at radius 1 is 1.20 bits per heavy atom. The van der Waals surface area contributed by atoms with Crippen molar-refractivity contribution in [2.75, 3.05) is 25.5 Å². The molecule has 1 heterocycles. The van der Waals surface area contributed by atoms with Gasteiger partial charge in [-0.2, -0.15) is 0 Å². The summed E-state index contributed by atoms with van der Waals surface area (Å²) < 4.78 is 40.3. The number of benzene rings is 1. The van der Waals surface area contributed by atoms with E-state index in [0.29, 0.717) is 6.54 Å². The summed E-state index contributed by atoms with van der Waals surface area (Å²) in [6, 6.07) is 4.93. The molecule has 1 N–H and O–H groups in total. The molecule has 1 aromatic carbocycles. The average Bonchev–Trinajstić information content (AvgIpc) is 3.30. The maximum absolute atomic E-state index is 12.7. The van der Waals surface area contributed by atoms with E-state index in [0.717, 1.165) is 37.8 Å². The lowest BCUT2D eigenvalue weighted by atomic mass is 10.1. The number of amides is 3. The van der Waals surface area contributed by atoms with Crippen LogP contribution in [0, 0.1) is 5.92 Å². The van der Waals surface area contributed by atoms with Gasteiger partial charge in [0, 0.05) is 31.7 Å². The molecule has 30 heavy (non-hydrogen) atoms. The van der Waals surface area contributed by atoms with Crippen molar-refractivity contribution in [1.82, 2.24) is 9.80 Å². The van der Waals surface area contributed by atoms with Crippen molar-refractivity contribution in [1.29, 1.82) is 0 Å². The Morgan fingerprint density at radius 2 is 1.83 bits per heavy atom. The number of carbonyl (C=O) groups is 3. The third kappa shape index (κ3) is 5.64. The van der Waals surface area contributed by atoms with Crippen LogP contribution in [0.25, 0.3) is 0 Å². The van der Waals surface area contributed by atoms with Crippen LogP contribution in [0.3, 0.4) is 0 Å². The second kappa shape index (κ2) is 8.93. The fraction of sp³-hybridized carbons (Fsp3) is 0.550. The molecular weight excluding hydrogens is 403 g/mol. The van der Waals surface area contributed by atoms with Gasteiger partial charge in [0.05, 0.1) is 12.5 Å². The number of hydrogen-bond donors (Lipinski definition) is 1. The van der Waals surface area contributed by atoms with Crippen LogP contribution in [-0.4, -0.2) is 60.1 Å². The highest BCUT2D eigenvalue weighted by Crippen LogP contribution is 2.30. The van der Waals surface area contributed by atoms with Crippen LogP contribution in [0.5, 0.6) is 5.75 Å². The molecule has 1 aliphatic heterocycles. The fourth-order valence-electron chi connectivity index (χ4n) is 4.01. The third-order valence-corrected chi connectivity index (χ3v) is 5.40. The van der Waals surface area contributed by atoms with Crippen molar-refractivity contribution >= 4 is 23.4 Å². The zero-order valence-electron chi connectivity index (χ0n) is 16.6. The molecule has 3 amide bonds. The van der Waals surface area contributed by atoms with Crippen LogP contribution >= 0.6 is 0 Å². The lowest BCUT2D eigenvalue weighted by Gasteiger charge is -2.25. The predicted octanol–water partition coefficient (Wildman–Crippen LogP) is 2.77. The molecule has 0 spiro atoms. The Balaban J connectivity index is 1.49. The number of rotatable bonds is 6. The summed E-state index contributed by atoms with van der Waals surface area (Å²) >= 11 is 0. The number of likely N-dealkylation sites (tertiary alicyclic amines) is 1. The first kappa shape index (κ1) is 21.9. The summed E-state index contributed by atoms with van der Waals surface area (Å²) in [5, 5.41) is 2.52. The van der Waals surface area contributed by atoms with Crippen molar-refractivity contribution in [3.05, 3.63) is 24.3 Å². The molecule has 0 bridgehead atoms. The number of halogens is 3. The van der Waals surface area contributed by atoms with Crippen LogP contribution in [0.15, 0.2) is 24.3 Å². The highest BCUT2D eigenvalue weighted by molar-refractivity contribution is 5.96. The van der Waals surface area contributed by atoms with E-state index in [9.17, 15) is 27.6 Å². The molecule has 7 nitrogen and oxygen atoms in total. The molecule has 1 aromatic rings. The summed E-state index contributed by atoms with van der Waals surface area (Å²) in [7, 11) is 1.49. The Kier molecular flexibility index (Phi) is 6.52. The summed E-state index contributed by atoms with van der Waals surface area (Å²) in [5.74, 6) is -1.64. The third-order valence-electron chi connectivity index (χ3n) is 5.40. The second-order valence-electron chi connectivity index (χ2n) is 7.70. The Bertz CT molecular complexity index is 791. The van der Waals surface area contributed by atoms with E-state index in [-0.39, 0.29) is 36.5 Å². The van der Waals surface area contributed by atoms with Gasteiger partial charge in [0.1, 0.15) is 5.75 Å². The van der Waals surface area contributed by atoms with Gasteiger partial charge in [-0.3, -0.25) is 14.4 Å². The Labute approximate surface area is 172 Å². The molecule has 10 heteroatoms. The molecule has 3 rings (SSSR count). The molecule has 1 saturated carbocycles. The zero-order valence-corrected chi connectivity index (χ0v) is 16.6. The van der Waals surface area contributed by atoms with E-state index in [2.05, 4.69) is 10.1 Å². The minimum Gasteiger partial charge on any atom is -0.406 e. The number of likely N-dealkylation sites (N-methyl/N-ethyl adjacent to an activating group) is 1. The predicted molar refractivity (Wildman–Crippen MR) is 101 cm³/mol. The highest BCUT2D eigenvalue weighted by Gasteiger charge is 2.39. The maximum Gasteiger partial charge on any atom is 0.573 e. The highest BCUT2D eigenvalue weighted by atomic mass is 19.4. The standard InChI is InChI=1S/C20H24F3N3O4/c1-25(19(29)13-10-18(28)26(11-13)15-4-2-3-5-15)12-17(27)24-14-6-8-16(9-7-14)30-20(21,22)23/h6-9,13,15H,2-5,10-12H2,1H3,(H,24,27)/t13-/m1/s1. The van der Waals surface area contributed by atoms with E-state index >= 15 is 0 Å². The van der Waals surface area contributed by atoms with Gasteiger partial charge in [-0.05, 0) is 37.1 Å². The number of carbonyl (C=O) groups excluding carboxylic acids is 3. The number of nitrogens with one attached hydrogen (secondary N) is 1. The SMILES string of the molecule is CN(CC(=O)Nc1ccc(OC(F)(F)F)cc1)C(=O)[C@@H]1CC(=O)N(C2CCCC2)C1. The van der Waals surface area contributed by atoms with E-state index in [1.54, 1.807) is 4.90 Å². The molecule has 1 atom stereocenters. The topological polar surface area (TPSA) is 79.0 Å². The smallest absolute Gasteiger partial charge is 0.406 e. The number of ether oxygens (including phenoxy) is 1. The van der Waals surface area contributed by atoms with Gasteiger partial charge in [0.2, 0.25) is 17.7 Å². The molecule has 1 saturated heterocycles. The first-order valence-electron chi connectivity index (χ1n) is 9.82. The van der Waals surface area contributed by atoms with Crippen molar-refractivity contribution in [2.24, 2.45) is 5.92 Å². The first-order valence-corrected chi connectivity index (χ1v) is 9.82. The molecule has 2 fully saturated rings. The summed E-state index contributed by atoms with van der Waals surface area (Å²) in [5.41, 5.74) is 0.277. The normalized spacial score (nSPS) is 19.8. The maximum atomic E-state index is 12.7. The molecule has 2 aliphatic rings. The van der Waals surface area contributed by atoms with Crippen LogP contribution in [-0.2, 0) is 14.4 Å².